The van der Waals surface area contributed by atoms with Crippen LogP contribution >= 0.6 is 12.2 Å². The summed E-state index contributed by atoms with van der Waals surface area (Å²) in [6.07, 6.45) is 0.865. The van der Waals surface area contributed by atoms with Crippen molar-refractivity contribution in [2.45, 2.75) is 25.6 Å². The van der Waals surface area contributed by atoms with Crippen molar-refractivity contribution < 1.29 is 14.3 Å². The zero-order chi connectivity index (χ0) is 20.8. The lowest BCUT2D eigenvalue weighted by Gasteiger charge is -2.25. The lowest BCUT2D eigenvalue weighted by molar-refractivity contribution is -0.127. The van der Waals surface area contributed by atoms with Gasteiger partial charge in [0, 0.05) is 11.8 Å². The molecule has 3 aromatic rings. The van der Waals surface area contributed by atoms with Crippen LogP contribution in [-0.4, -0.2) is 17.1 Å². The summed E-state index contributed by atoms with van der Waals surface area (Å²) in [7, 11) is 0. The highest BCUT2D eigenvalue weighted by Gasteiger charge is 2.26. The van der Waals surface area contributed by atoms with E-state index in [9.17, 15) is 4.79 Å². The molecule has 5 nitrogen and oxygen atoms in total. The average molecular weight is 419 g/mol. The van der Waals surface area contributed by atoms with Gasteiger partial charge in [0.1, 0.15) is 18.1 Å². The van der Waals surface area contributed by atoms with Crippen LogP contribution in [0, 0.1) is 0 Å². The third-order valence-corrected chi connectivity index (χ3v) is 4.99. The average Bonchev–Trinajstić information content (AvgIpc) is 2.78. The van der Waals surface area contributed by atoms with Gasteiger partial charge < -0.3 is 14.8 Å². The van der Waals surface area contributed by atoms with Gasteiger partial charge in [0.25, 0.3) is 5.91 Å². The van der Waals surface area contributed by atoms with Crippen LogP contribution in [0.2, 0.25) is 0 Å². The van der Waals surface area contributed by atoms with Crippen LogP contribution in [0.5, 0.6) is 11.5 Å². The molecule has 2 N–H and O–H groups in total. The lowest BCUT2D eigenvalue weighted by atomic mass is 10.0. The van der Waals surface area contributed by atoms with Gasteiger partial charge in [-0.15, -0.1) is 0 Å². The molecule has 0 saturated heterocycles. The van der Waals surface area contributed by atoms with Crippen molar-refractivity contribution in [2.24, 2.45) is 0 Å². The monoisotopic (exact) mass is 418 g/mol. The SMILES string of the molecule is O=C(NC(=S)Nc1cccc(OCc2ccccc2)c1)C1CCc2ccccc2O1. The summed E-state index contributed by atoms with van der Waals surface area (Å²) in [6, 6.07) is 25.2. The molecule has 0 aromatic heterocycles. The molecule has 0 radical (unpaired) electrons. The van der Waals surface area contributed by atoms with Gasteiger partial charge in [0.05, 0.1) is 0 Å². The number of fused-ring (bicyclic) bond motifs is 1. The molecule has 1 aliphatic rings. The first-order valence-corrected chi connectivity index (χ1v) is 10.2. The molecule has 3 aromatic carbocycles. The van der Waals surface area contributed by atoms with E-state index in [0.29, 0.717) is 18.8 Å². The Morgan fingerprint density at radius 2 is 1.83 bits per heavy atom. The van der Waals surface area contributed by atoms with E-state index in [1.54, 1.807) is 0 Å². The molecule has 4 rings (SSSR count). The predicted octanol–water partition coefficient (Wildman–Crippen LogP) is 4.47. The Kier molecular flexibility index (Phi) is 6.25. The van der Waals surface area contributed by atoms with E-state index in [1.165, 1.54) is 0 Å². The Morgan fingerprint density at radius 1 is 1.03 bits per heavy atom. The van der Waals surface area contributed by atoms with Crippen LogP contribution in [0.15, 0.2) is 78.9 Å². The van der Waals surface area contributed by atoms with Crippen LogP contribution < -0.4 is 20.1 Å². The van der Waals surface area contributed by atoms with Crippen LogP contribution in [0.3, 0.4) is 0 Å². The largest absolute Gasteiger partial charge is 0.489 e. The zero-order valence-electron chi connectivity index (χ0n) is 16.3. The number of carbonyl (C=O) groups excluding carboxylic acids is 1. The summed E-state index contributed by atoms with van der Waals surface area (Å²) in [5, 5.41) is 5.98. The van der Waals surface area contributed by atoms with Crippen molar-refractivity contribution in [1.29, 1.82) is 0 Å². The second-order valence-electron chi connectivity index (χ2n) is 7.00. The molecule has 152 valence electrons. The molecule has 6 heteroatoms. The van der Waals surface area contributed by atoms with Crippen molar-refractivity contribution >= 4 is 28.9 Å². The summed E-state index contributed by atoms with van der Waals surface area (Å²) in [5.41, 5.74) is 2.95. The van der Waals surface area contributed by atoms with E-state index in [0.717, 1.165) is 29.0 Å². The summed E-state index contributed by atoms with van der Waals surface area (Å²) >= 11 is 5.30. The van der Waals surface area contributed by atoms with Gasteiger partial charge in [-0.05, 0) is 54.4 Å². The topological polar surface area (TPSA) is 59.6 Å². The maximum absolute atomic E-state index is 12.5. The first kappa shape index (κ1) is 19.9. The number of anilines is 1. The molecule has 1 unspecified atom stereocenters. The number of para-hydroxylation sites is 1. The first-order chi connectivity index (χ1) is 14.7. The summed E-state index contributed by atoms with van der Waals surface area (Å²) in [5.74, 6) is 1.22. The second kappa shape index (κ2) is 9.41. The minimum absolute atomic E-state index is 0.225. The van der Waals surface area contributed by atoms with Gasteiger partial charge >= 0.3 is 0 Å². The van der Waals surface area contributed by atoms with Crippen LogP contribution in [0.4, 0.5) is 5.69 Å². The molecule has 0 bridgehead atoms. The van der Waals surface area contributed by atoms with Crippen molar-refractivity contribution in [3.05, 3.63) is 90.0 Å². The smallest absolute Gasteiger partial charge is 0.267 e. The molecule has 1 amide bonds. The van der Waals surface area contributed by atoms with Crippen LogP contribution in [0.1, 0.15) is 17.5 Å². The third-order valence-electron chi connectivity index (χ3n) is 4.79. The van der Waals surface area contributed by atoms with E-state index in [-0.39, 0.29) is 11.0 Å². The van der Waals surface area contributed by atoms with Crippen molar-refractivity contribution in [3.8, 4) is 11.5 Å². The Balaban J connectivity index is 1.30. The number of nitrogens with one attached hydrogen (secondary N) is 2. The molecule has 1 heterocycles. The standard InChI is InChI=1S/C24H22N2O3S/c27-23(22-14-13-18-9-4-5-12-21(18)29-22)26-24(30)25-19-10-6-11-20(15-19)28-16-17-7-2-1-3-8-17/h1-12,15,22H,13-14,16H2,(H2,25,26,27,30). The molecule has 30 heavy (non-hydrogen) atoms. The normalized spacial score (nSPS) is 14.7. The number of hydrogen-bond donors (Lipinski definition) is 2. The molecular weight excluding hydrogens is 396 g/mol. The minimum Gasteiger partial charge on any atom is -0.489 e. The molecule has 0 aliphatic carbocycles. The Hall–Kier alpha value is -3.38. The fourth-order valence-electron chi connectivity index (χ4n) is 3.27. The van der Waals surface area contributed by atoms with Gasteiger partial charge in [0.2, 0.25) is 0 Å². The van der Waals surface area contributed by atoms with Crippen LogP contribution in [0.25, 0.3) is 0 Å². The van der Waals surface area contributed by atoms with Crippen molar-refractivity contribution in [2.75, 3.05) is 5.32 Å². The second-order valence-corrected chi connectivity index (χ2v) is 7.41. The lowest BCUT2D eigenvalue weighted by Crippen LogP contribution is -2.44. The number of hydrogen-bond acceptors (Lipinski definition) is 4. The highest BCUT2D eigenvalue weighted by Crippen LogP contribution is 2.27. The predicted molar refractivity (Wildman–Crippen MR) is 121 cm³/mol. The number of rotatable bonds is 5. The van der Waals surface area contributed by atoms with Gasteiger partial charge in [0.15, 0.2) is 11.2 Å². The Morgan fingerprint density at radius 3 is 2.70 bits per heavy atom. The molecule has 1 aliphatic heterocycles. The molecule has 1 atom stereocenters. The van der Waals surface area contributed by atoms with Crippen LogP contribution in [-0.2, 0) is 17.8 Å². The molecule has 0 spiro atoms. The van der Waals surface area contributed by atoms with Gasteiger partial charge in [-0.25, -0.2) is 0 Å². The fraction of sp³-hybridized carbons (Fsp3) is 0.167. The third kappa shape index (κ3) is 5.15. The van der Waals surface area contributed by atoms with E-state index < -0.39 is 6.10 Å². The number of amides is 1. The number of aryl methyl sites for hydroxylation is 1. The van der Waals surface area contributed by atoms with E-state index in [2.05, 4.69) is 10.6 Å². The van der Waals surface area contributed by atoms with Crippen molar-refractivity contribution in [1.82, 2.24) is 5.32 Å². The maximum Gasteiger partial charge on any atom is 0.267 e. The summed E-state index contributed by atoms with van der Waals surface area (Å²) < 4.78 is 11.7. The Labute approximate surface area is 181 Å². The molecular formula is C24H22N2O3S. The summed E-state index contributed by atoms with van der Waals surface area (Å²) in [6.45, 7) is 0.478. The maximum atomic E-state index is 12.5. The first-order valence-electron chi connectivity index (χ1n) is 9.80. The summed E-state index contributed by atoms with van der Waals surface area (Å²) in [4.78, 5) is 12.5. The van der Waals surface area contributed by atoms with E-state index in [4.69, 9.17) is 21.7 Å². The number of ether oxygens (including phenoxy) is 2. The van der Waals surface area contributed by atoms with Gasteiger partial charge in [-0.1, -0.05) is 54.6 Å². The van der Waals surface area contributed by atoms with Gasteiger partial charge in [-0.2, -0.15) is 0 Å². The number of benzene rings is 3. The van der Waals surface area contributed by atoms with E-state index >= 15 is 0 Å². The van der Waals surface area contributed by atoms with E-state index in [1.807, 2.05) is 78.9 Å². The number of thiocarbonyl (C=S) groups is 1. The highest BCUT2D eigenvalue weighted by atomic mass is 32.1. The highest BCUT2D eigenvalue weighted by molar-refractivity contribution is 7.80. The quantitative estimate of drug-likeness (QED) is 0.599. The molecule has 0 saturated carbocycles. The Bertz CT molecular complexity index is 1040. The van der Waals surface area contributed by atoms with Crippen molar-refractivity contribution in [3.63, 3.8) is 0 Å². The fourth-order valence-corrected chi connectivity index (χ4v) is 3.49. The van der Waals surface area contributed by atoms with Gasteiger partial charge in [-0.3, -0.25) is 10.1 Å². The molecule has 0 fully saturated rings. The number of carbonyl (C=O) groups is 1. The minimum atomic E-state index is -0.555. The zero-order valence-corrected chi connectivity index (χ0v) is 17.2.